The van der Waals surface area contributed by atoms with Crippen molar-refractivity contribution in [2.45, 2.75) is 12.4 Å². The molecule has 1 aromatic heterocycles. The lowest BCUT2D eigenvalue weighted by Gasteiger charge is -2.12. The molecular weight excluding hydrogens is 368 g/mol. The zero-order valence-corrected chi connectivity index (χ0v) is 13.0. The SMILES string of the molecule is COc1ccccc1N/C(N)=N/c1nc(C(F)(F)F)cc(C(F)(F)F)n1. The molecule has 0 radical (unpaired) electrons. The lowest BCUT2D eigenvalue weighted by molar-refractivity contribution is -0.147. The van der Waals surface area contributed by atoms with E-state index >= 15 is 0 Å². The molecule has 0 aliphatic rings. The first kappa shape index (κ1) is 19.3. The summed E-state index contributed by atoms with van der Waals surface area (Å²) in [5.74, 6) is -1.29. The molecule has 2 aromatic rings. The van der Waals surface area contributed by atoms with Crippen molar-refractivity contribution in [1.82, 2.24) is 9.97 Å². The molecule has 140 valence electrons. The number of para-hydroxylation sites is 2. The fraction of sp³-hybridized carbons (Fsp3) is 0.214. The van der Waals surface area contributed by atoms with Gasteiger partial charge in [-0.3, -0.25) is 0 Å². The number of ether oxygens (including phenoxy) is 1. The van der Waals surface area contributed by atoms with Crippen LogP contribution in [0.2, 0.25) is 0 Å². The van der Waals surface area contributed by atoms with Gasteiger partial charge in [-0.05, 0) is 18.2 Å². The fourth-order valence-corrected chi connectivity index (χ4v) is 1.80. The molecule has 0 saturated heterocycles. The molecule has 26 heavy (non-hydrogen) atoms. The smallest absolute Gasteiger partial charge is 0.433 e. The quantitative estimate of drug-likeness (QED) is 0.484. The summed E-state index contributed by atoms with van der Waals surface area (Å²) in [6.07, 6.45) is -10.2. The van der Waals surface area contributed by atoms with Crippen LogP contribution in [0.5, 0.6) is 5.75 Å². The first-order chi connectivity index (χ1) is 12.0. The van der Waals surface area contributed by atoms with Crippen molar-refractivity contribution in [2.24, 2.45) is 10.7 Å². The maximum atomic E-state index is 12.7. The summed E-state index contributed by atoms with van der Waals surface area (Å²) in [7, 11) is 1.36. The summed E-state index contributed by atoms with van der Waals surface area (Å²) < 4.78 is 81.5. The molecule has 6 nitrogen and oxygen atoms in total. The largest absolute Gasteiger partial charge is 0.495 e. The fourth-order valence-electron chi connectivity index (χ4n) is 1.80. The Morgan fingerprint density at radius 3 is 2.08 bits per heavy atom. The molecule has 0 atom stereocenters. The van der Waals surface area contributed by atoms with E-state index in [1.807, 2.05) is 0 Å². The van der Waals surface area contributed by atoms with Gasteiger partial charge in [-0.25, -0.2) is 9.97 Å². The third-order valence-corrected chi connectivity index (χ3v) is 2.89. The minimum Gasteiger partial charge on any atom is -0.495 e. The molecule has 0 saturated carbocycles. The van der Waals surface area contributed by atoms with Crippen molar-refractivity contribution < 1.29 is 31.1 Å². The van der Waals surface area contributed by atoms with Crippen LogP contribution in [0.1, 0.15) is 11.4 Å². The zero-order chi connectivity index (χ0) is 19.5. The number of aromatic nitrogens is 2. The van der Waals surface area contributed by atoms with E-state index < -0.39 is 35.6 Å². The second-order valence-electron chi connectivity index (χ2n) is 4.76. The summed E-state index contributed by atoms with van der Waals surface area (Å²) in [6, 6.07) is 6.10. The Labute approximate surface area is 142 Å². The second-order valence-corrected chi connectivity index (χ2v) is 4.76. The number of methoxy groups -OCH3 is 1. The van der Waals surface area contributed by atoms with Gasteiger partial charge in [0.1, 0.15) is 5.75 Å². The van der Waals surface area contributed by atoms with Gasteiger partial charge >= 0.3 is 12.4 Å². The van der Waals surface area contributed by atoms with Crippen molar-refractivity contribution in [3.8, 4) is 5.75 Å². The predicted octanol–water partition coefficient (Wildman–Crippen LogP) is 3.58. The van der Waals surface area contributed by atoms with Crippen LogP contribution in [0.15, 0.2) is 35.3 Å². The molecule has 0 spiro atoms. The van der Waals surface area contributed by atoms with Crippen LogP contribution in [0.4, 0.5) is 38.0 Å². The van der Waals surface area contributed by atoms with E-state index in [1.165, 1.54) is 13.2 Å². The number of hydrogen-bond acceptors (Lipinski definition) is 4. The standard InChI is InChI=1S/C14H11F6N5O/c1-26-8-5-3-2-4-7(8)22-11(21)25-12-23-9(13(15,16)17)6-10(24-12)14(18,19)20/h2-6H,1H3,(H3,21,22,23,24,25). The number of anilines is 1. The lowest BCUT2D eigenvalue weighted by atomic mass is 10.3. The molecule has 0 amide bonds. The average Bonchev–Trinajstić information content (AvgIpc) is 2.53. The Morgan fingerprint density at radius 1 is 1.04 bits per heavy atom. The molecule has 0 unspecified atom stereocenters. The lowest BCUT2D eigenvalue weighted by Crippen LogP contribution is -2.23. The molecule has 0 bridgehead atoms. The Balaban J connectivity index is 2.42. The Hall–Kier alpha value is -3.05. The van der Waals surface area contributed by atoms with Crippen LogP contribution < -0.4 is 15.8 Å². The topological polar surface area (TPSA) is 85.4 Å². The Morgan fingerprint density at radius 2 is 1.58 bits per heavy atom. The number of hydrogen-bond donors (Lipinski definition) is 2. The van der Waals surface area contributed by atoms with E-state index in [4.69, 9.17) is 10.5 Å². The zero-order valence-electron chi connectivity index (χ0n) is 13.0. The number of guanidine groups is 1. The first-order valence-corrected chi connectivity index (χ1v) is 6.78. The predicted molar refractivity (Wildman–Crippen MR) is 79.9 cm³/mol. The van der Waals surface area contributed by atoms with E-state index in [9.17, 15) is 26.3 Å². The van der Waals surface area contributed by atoms with Crippen molar-refractivity contribution in [3.63, 3.8) is 0 Å². The molecule has 1 heterocycles. The van der Waals surface area contributed by atoms with Gasteiger partial charge in [0.15, 0.2) is 11.4 Å². The third kappa shape index (κ3) is 4.74. The molecule has 2 rings (SSSR count). The summed E-state index contributed by atoms with van der Waals surface area (Å²) in [6.45, 7) is 0. The minimum atomic E-state index is -5.11. The summed E-state index contributed by atoms with van der Waals surface area (Å²) >= 11 is 0. The van der Waals surface area contributed by atoms with Gasteiger partial charge in [0.2, 0.25) is 5.96 Å². The van der Waals surface area contributed by atoms with Gasteiger partial charge in [-0.15, -0.1) is 0 Å². The van der Waals surface area contributed by atoms with Crippen LogP contribution in [0.25, 0.3) is 0 Å². The van der Waals surface area contributed by atoms with Crippen LogP contribution in [0, 0.1) is 0 Å². The highest BCUT2D eigenvalue weighted by Gasteiger charge is 2.39. The number of alkyl halides is 6. The Kier molecular flexibility index (Phi) is 5.23. The van der Waals surface area contributed by atoms with E-state index in [-0.39, 0.29) is 6.07 Å². The number of rotatable bonds is 3. The molecule has 0 fully saturated rings. The van der Waals surface area contributed by atoms with Gasteiger partial charge in [0.05, 0.1) is 12.8 Å². The van der Waals surface area contributed by atoms with Crippen LogP contribution in [-0.4, -0.2) is 23.0 Å². The van der Waals surface area contributed by atoms with Crippen molar-refractivity contribution in [1.29, 1.82) is 0 Å². The Bertz CT molecular complexity index is 786. The highest BCUT2D eigenvalue weighted by molar-refractivity contribution is 5.94. The highest BCUT2D eigenvalue weighted by atomic mass is 19.4. The molecule has 1 aromatic carbocycles. The van der Waals surface area contributed by atoms with Gasteiger partial charge in [0, 0.05) is 0 Å². The van der Waals surface area contributed by atoms with Crippen molar-refractivity contribution >= 4 is 17.6 Å². The molecule has 0 aliphatic heterocycles. The first-order valence-electron chi connectivity index (χ1n) is 6.78. The summed E-state index contributed by atoms with van der Waals surface area (Å²) in [4.78, 5) is 9.32. The number of nitrogens with two attached hydrogens (primary N) is 1. The third-order valence-electron chi connectivity index (χ3n) is 2.89. The molecular formula is C14H11F6N5O. The number of halogens is 6. The van der Waals surface area contributed by atoms with E-state index in [0.717, 1.165) is 0 Å². The summed E-state index contributed by atoms with van der Waals surface area (Å²) in [5, 5.41) is 2.49. The van der Waals surface area contributed by atoms with Gasteiger partial charge in [0.25, 0.3) is 5.95 Å². The molecule has 0 aliphatic carbocycles. The average molecular weight is 379 g/mol. The van der Waals surface area contributed by atoms with Gasteiger partial charge in [-0.2, -0.15) is 31.3 Å². The molecule has 12 heteroatoms. The van der Waals surface area contributed by atoms with Crippen LogP contribution >= 0.6 is 0 Å². The maximum Gasteiger partial charge on any atom is 0.433 e. The van der Waals surface area contributed by atoms with E-state index in [0.29, 0.717) is 11.4 Å². The summed E-state index contributed by atoms with van der Waals surface area (Å²) in [5.41, 5.74) is 2.23. The number of nitrogens with zero attached hydrogens (tertiary/aromatic N) is 3. The second kappa shape index (κ2) is 7.06. The highest BCUT2D eigenvalue weighted by Crippen LogP contribution is 2.34. The van der Waals surface area contributed by atoms with Crippen molar-refractivity contribution in [3.05, 3.63) is 41.7 Å². The van der Waals surface area contributed by atoms with Gasteiger partial charge in [-0.1, -0.05) is 12.1 Å². The van der Waals surface area contributed by atoms with E-state index in [1.54, 1.807) is 18.2 Å². The maximum absolute atomic E-state index is 12.7. The number of aliphatic imine (C=N–C) groups is 1. The minimum absolute atomic E-state index is 0.205. The normalized spacial score (nSPS) is 12.8. The van der Waals surface area contributed by atoms with E-state index in [2.05, 4.69) is 20.3 Å². The van der Waals surface area contributed by atoms with Crippen LogP contribution in [-0.2, 0) is 12.4 Å². The number of benzene rings is 1. The van der Waals surface area contributed by atoms with Crippen LogP contribution in [0.3, 0.4) is 0 Å². The van der Waals surface area contributed by atoms with Gasteiger partial charge < -0.3 is 15.8 Å². The van der Waals surface area contributed by atoms with Crippen molar-refractivity contribution in [2.75, 3.05) is 12.4 Å². The number of nitrogens with one attached hydrogen (secondary N) is 1. The monoisotopic (exact) mass is 379 g/mol. The molecule has 3 N–H and O–H groups in total.